The van der Waals surface area contributed by atoms with Crippen LogP contribution in [0.3, 0.4) is 0 Å². The third-order valence-corrected chi connectivity index (χ3v) is 10.8. The van der Waals surface area contributed by atoms with E-state index in [4.69, 9.17) is 4.74 Å². The molecule has 4 saturated carbocycles. The van der Waals surface area contributed by atoms with Gasteiger partial charge in [0, 0.05) is 5.41 Å². The first kappa shape index (κ1) is 22.8. The number of hydrogen-bond donors (Lipinski definition) is 2. The number of rotatable bonds is 4. The number of hydrogen-bond acceptors (Lipinski definition) is 6. The predicted molar refractivity (Wildman–Crippen MR) is 126 cm³/mol. The van der Waals surface area contributed by atoms with Crippen molar-refractivity contribution >= 4 is 28.9 Å². The van der Waals surface area contributed by atoms with Gasteiger partial charge in [0.2, 0.25) is 5.12 Å². The standard InChI is InChI=1S/C26H33FN2O4S/c1-24-10-15-12-28-29-19(15)9-16(24)5-6-17-18-7-8-26(23(32)34-13-27,33-22(31)14-3-4-14)25(18,2)11-20(30)21(17)24/h9,12,14,17-18,20-21,30H,3-8,10-11,13H2,1-2H3,(H,28,29). The zero-order valence-corrected chi connectivity index (χ0v) is 20.6. The Morgan fingerprint density at radius 2 is 2.09 bits per heavy atom. The molecule has 0 amide bonds. The lowest BCUT2D eigenvalue weighted by Crippen LogP contribution is -2.62. The van der Waals surface area contributed by atoms with Crippen LogP contribution >= 0.6 is 11.8 Å². The Hall–Kier alpha value is -1.67. The lowest BCUT2D eigenvalue weighted by Gasteiger charge is -2.60. The number of aliphatic hydroxyl groups excluding tert-OH is 1. The number of nitrogens with one attached hydrogen (secondary N) is 1. The summed E-state index contributed by atoms with van der Waals surface area (Å²) in [6.45, 7) is 4.29. The number of ether oxygens (including phenoxy) is 1. The molecule has 8 heteroatoms. The maximum absolute atomic E-state index is 13.4. The molecule has 6 nitrogen and oxygen atoms in total. The summed E-state index contributed by atoms with van der Waals surface area (Å²) in [4.78, 5) is 26.2. The Balaban J connectivity index is 1.37. The minimum atomic E-state index is -1.36. The fraction of sp³-hybridized carbons (Fsp3) is 0.731. The van der Waals surface area contributed by atoms with Crippen LogP contribution < -0.4 is 0 Å². The number of thioether (sulfide) groups is 1. The first-order valence-electron chi connectivity index (χ1n) is 12.6. The fourth-order valence-corrected chi connectivity index (χ4v) is 9.08. The van der Waals surface area contributed by atoms with Gasteiger partial charge in [0.1, 0.15) is 6.01 Å². The van der Waals surface area contributed by atoms with Gasteiger partial charge in [0.25, 0.3) is 0 Å². The second-order valence-electron chi connectivity index (χ2n) is 11.7. The molecule has 1 aromatic heterocycles. The van der Waals surface area contributed by atoms with Crippen molar-refractivity contribution in [3.05, 3.63) is 23.0 Å². The summed E-state index contributed by atoms with van der Waals surface area (Å²) in [6.07, 6.45) is 9.33. The molecule has 1 aromatic rings. The van der Waals surface area contributed by atoms with E-state index in [1.807, 2.05) is 13.1 Å². The number of nitrogens with zero attached hydrogens (tertiary/aromatic N) is 1. The smallest absolute Gasteiger partial charge is 0.309 e. The molecular formula is C26H33FN2O4S. The minimum Gasteiger partial charge on any atom is -0.449 e. The van der Waals surface area contributed by atoms with Gasteiger partial charge in [-0.05, 0) is 97.9 Å². The minimum absolute atomic E-state index is 0.0625. The van der Waals surface area contributed by atoms with E-state index in [0.29, 0.717) is 24.6 Å². The van der Waals surface area contributed by atoms with E-state index < -0.39 is 23.1 Å². The number of alkyl halides is 1. The van der Waals surface area contributed by atoms with Crippen molar-refractivity contribution in [1.82, 2.24) is 10.2 Å². The van der Waals surface area contributed by atoms with E-state index in [1.165, 1.54) is 11.1 Å². The number of halogens is 1. The zero-order valence-electron chi connectivity index (χ0n) is 19.8. The van der Waals surface area contributed by atoms with Gasteiger partial charge in [0.15, 0.2) is 5.60 Å². The summed E-state index contributed by atoms with van der Waals surface area (Å²) in [5, 5.41) is 18.7. The van der Waals surface area contributed by atoms with Crippen molar-refractivity contribution < 1.29 is 23.8 Å². The molecule has 34 heavy (non-hydrogen) atoms. The van der Waals surface area contributed by atoms with Crippen LogP contribution in [0.15, 0.2) is 11.8 Å². The molecule has 0 bridgehead atoms. The third-order valence-electron chi connectivity index (χ3n) is 10.1. The Morgan fingerprint density at radius 1 is 1.29 bits per heavy atom. The van der Waals surface area contributed by atoms with Crippen LogP contribution in [0.4, 0.5) is 4.39 Å². The number of esters is 1. The van der Waals surface area contributed by atoms with Gasteiger partial charge in [-0.2, -0.15) is 5.10 Å². The Labute approximate surface area is 203 Å². The molecule has 4 fully saturated rings. The molecule has 1 heterocycles. The number of aromatic amines is 1. The number of H-pyrrole nitrogens is 1. The highest BCUT2D eigenvalue weighted by molar-refractivity contribution is 8.13. The van der Waals surface area contributed by atoms with Crippen LogP contribution in [0.25, 0.3) is 6.08 Å². The highest BCUT2D eigenvalue weighted by atomic mass is 32.2. The SMILES string of the molecule is CC12Cc3cn[nH]c3C=C1CCC1C2C(O)CC2(C)C1CCC2(OC(=O)C1CC1)C(=O)SCF. The van der Waals surface area contributed by atoms with E-state index in [-0.39, 0.29) is 40.2 Å². The molecule has 7 unspecified atom stereocenters. The number of allylic oxidation sites excluding steroid dienone is 1. The molecule has 184 valence electrons. The summed E-state index contributed by atoms with van der Waals surface area (Å²) in [7, 11) is 0. The van der Waals surface area contributed by atoms with Gasteiger partial charge in [-0.3, -0.25) is 14.7 Å². The average molecular weight is 489 g/mol. The van der Waals surface area contributed by atoms with Crippen molar-refractivity contribution in [3.8, 4) is 0 Å². The van der Waals surface area contributed by atoms with E-state index in [1.54, 1.807) is 0 Å². The van der Waals surface area contributed by atoms with Gasteiger partial charge in [-0.1, -0.05) is 19.4 Å². The van der Waals surface area contributed by atoms with Gasteiger partial charge >= 0.3 is 5.97 Å². The summed E-state index contributed by atoms with van der Waals surface area (Å²) >= 11 is 0.613. The maximum Gasteiger partial charge on any atom is 0.309 e. The highest BCUT2D eigenvalue weighted by Gasteiger charge is 2.71. The molecule has 5 aliphatic rings. The Morgan fingerprint density at radius 3 is 2.82 bits per heavy atom. The molecule has 5 aliphatic carbocycles. The molecule has 2 N–H and O–H groups in total. The summed E-state index contributed by atoms with van der Waals surface area (Å²) in [5.41, 5.74) is 1.38. The summed E-state index contributed by atoms with van der Waals surface area (Å²) in [6, 6.07) is -0.837. The van der Waals surface area contributed by atoms with Crippen molar-refractivity contribution in [2.75, 3.05) is 6.01 Å². The molecule has 7 atom stereocenters. The lowest BCUT2D eigenvalue weighted by atomic mass is 9.45. The monoisotopic (exact) mass is 488 g/mol. The Bertz CT molecular complexity index is 1070. The van der Waals surface area contributed by atoms with E-state index in [9.17, 15) is 19.1 Å². The first-order chi connectivity index (χ1) is 16.2. The van der Waals surface area contributed by atoms with Crippen LogP contribution in [0.5, 0.6) is 0 Å². The predicted octanol–water partition coefficient (Wildman–Crippen LogP) is 4.44. The summed E-state index contributed by atoms with van der Waals surface area (Å²) < 4.78 is 19.4. The van der Waals surface area contributed by atoms with Gasteiger partial charge in [-0.25, -0.2) is 4.39 Å². The molecule has 6 rings (SSSR count). The van der Waals surface area contributed by atoms with E-state index in [2.05, 4.69) is 23.2 Å². The quantitative estimate of drug-likeness (QED) is 0.609. The van der Waals surface area contributed by atoms with Gasteiger partial charge in [0.05, 0.1) is 23.9 Å². The molecular weight excluding hydrogens is 455 g/mol. The van der Waals surface area contributed by atoms with Gasteiger partial charge < -0.3 is 9.84 Å². The molecule has 0 radical (unpaired) electrons. The van der Waals surface area contributed by atoms with Crippen LogP contribution in [0.1, 0.15) is 70.1 Å². The Kier molecular flexibility index (Phi) is 5.13. The normalized spacial score (nSPS) is 42.6. The van der Waals surface area contributed by atoms with E-state index in [0.717, 1.165) is 44.2 Å². The third kappa shape index (κ3) is 3.00. The molecule has 0 aromatic carbocycles. The largest absolute Gasteiger partial charge is 0.449 e. The van der Waals surface area contributed by atoms with Crippen LogP contribution in [-0.2, 0) is 20.7 Å². The van der Waals surface area contributed by atoms with Crippen molar-refractivity contribution in [2.45, 2.75) is 76.9 Å². The molecule has 0 spiro atoms. The van der Waals surface area contributed by atoms with Crippen LogP contribution in [-0.4, -0.2) is 44.1 Å². The maximum atomic E-state index is 13.4. The molecule has 0 saturated heterocycles. The first-order valence-corrected chi connectivity index (χ1v) is 13.6. The molecule has 0 aliphatic heterocycles. The van der Waals surface area contributed by atoms with Gasteiger partial charge in [-0.15, -0.1) is 0 Å². The fourth-order valence-electron chi connectivity index (χ4n) is 8.37. The highest BCUT2D eigenvalue weighted by Crippen LogP contribution is 2.69. The number of aromatic nitrogens is 2. The number of aliphatic hydroxyl groups is 1. The van der Waals surface area contributed by atoms with Crippen molar-refractivity contribution in [1.29, 1.82) is 0 Å². The number of fused-ring (bicyclic) bond motifs is 6. The lowest BCUT2D eigenvalue weighted by molar-refractivity contribution is -0.197. The number of carbonyl (C=O) groups excluding carboxylic acids is 2. The van der Waals surface area contributed by atoms with Crippen molar-refractivity contribution in [2.24, 2.45) is 34.5 Å². The summed E-state index contributed by atoms with van der Waals surface area (Å²) in [5.74, 6) is -0.0498. The van der Waals surface area contributed by atoms with Crippen molar-refractivity contribution in [3.63, 3.8) is 0 Å². The van der Waals surface area contributed by atoms with E-state index >= 15 is 0 Å². The van der Waals surface area contributed by atoms with Crippen LogP contribution in [0, 0.1) is 34.5 Å². The zero-order chi connectivity index (χ0) is 23.9. The van der Waals surface area contributed by atoms with Crippen LogP contribution in [0.2, 0.25) is 0 Å². The topological polar surface area (TPSA) is 92.3 Å². The second kappa shape index (κ2) is 7.66. The second-order valence-corrected chi connectivity index (χ2v) is 12.6. The number of carbonyl (C=O) groups is 2. The average Bonchev–Trinajstić information content (AvgIpc) is 3.48.